The van der Waals surface area contributed by atoms with E-state index in [1.807, 2.05) is 72.8 Å². The zero-order valence-electron chi connectivity index (χ0n) is 16.1. The van der Waals surface area contributed by atoms with E-state index in [1.165, 1.54) is 6.08 Å². The van der Waals surface area contributed by atoms with Gasteiger partial charge in [0.25, 0.3) is 5.91 Å². The Kier molecular flexibility index (Phi) is 5.70. The highest BCUT2D eigenvalue weighted by Crippen LogP contribution is 2.25. The number of imidazole rings is 1. The average molecular weight is 399 g/mol. The van der Waals surface area contributed by atoms with Gasteiger partial charge in [-0.25, -0.2) is 10.5 Å². The molecule has 1 amide bonds. The molecule has 0 spiro atoms. The van der Waals surface area contributed by atoms with Gasteiger partial charge in [0.15, 0.2) is 0 Å². The Balaban J connectivity index is 1.50. The predicted octanol–water partition coefficient (Wildman–Crippen LogP) is 3.75. The molecule has 4 rings (SSSR count). The fourth-order valence-corrected chi connectivity index (χ4v) is 3.31. The van der Waals surface area contributed by atoms with Gasteiger partial charge in [0.2, 0.25) is 0 Å². The molecular weight excluding hydrogens is 378 g/mol. The zero-order chi connectivity index (χ0) is 20.9. The molecule has 150 valence electrons. The fourth-order valence-electron chi connectivity index (χ4n) is 3.31. The van der Waals surface area contributed by atoms with E-state index in [2.05, 4.69) is 9.97 Å². The first kappa shape index (κ1) is 19.6. The lowest BCUT2D eigenvalue weighted by Crippen LogP contribution is -2.14. The van der Waals surface area contributed by atoms with E-state index in [4.69, 9.17) is 5.21 Å². The summed E-state index contributed by atoms with van der Waals surface area (Å²) in [5.41, 5.74) is 6.88. The van der Waals surface area contributed by atoms with E-state index in [9.17, 15) is 9.90 Å². The molecule has 6 heteroatoms. The minimum absolute atomic E-state index is 0.571. The van der Waals surface area contributed by atoms with Crippen LogP contribution < -0.4 is 5.48 Å². The van der Waals surface area contributed by atoms with Gasteiger partial charge in [-0.3, -0.25) is 10.0 Å². The van der Waals surface area contributed by atoms with Crippen LogP contribution in [-0.2, 0) is 11.2 Å². The Morgan fingerprint density at radius 3 is 2.53 bits per heavy atom. The molecule has 0 radical (unpaired) electrons. The molecule has 1 heterocycles. The fraction of sp³-hybridized carbons (Fsp3) is 0.0833. The first-order valence-electron chi connectivity index (χ1n) is 9.55. The van der Waals surface area contributed by atoms with Crippen molar-refractivity contribution in [1.82, 2.24) is 15.4 Å². The van der Waals surface area contributed by atoms with Gasteiger partial charge in [-0.2, -0.15) is 0 Å². The van der Waals surface area contributed by atoms with E-state index in [0.717, 1.165) is 39.1 Å². The van der Waals surface area contributed by atoms with Gasteiger partial charge in [0.05, 0.1) is 11.0 Å². The summed E-state index contributed by atoms with van der Waals surface area (Å²) in [4.78, 5) is 19.0. The second kappa shape index (κ2) is 8.73. The van der Waals surface area contributed by atoms with Crippen molar-refractivity contribution in [2.45, 2.75) is 12.5 Å². The maximum absolute atomic E-state index is 11.0. The molecule has 0 aliphatic carbocycles. The normalized spacial score (nSPS) is 12.3. The third kappa shape index (κ3) is 4.46. The molecule has 0 aliphatic heterocycles. The molecule has 1 aromatic heterocycles. The number of benzene rings is 3. The monoisotopic (exact) mass is 399 g/mol. The van der Waals surface area contributed by atoms with Crippen molar-refractivity contribution in [3.8, 4) is 0 Å². The van der Waals surface area contributed by atoms with Crippen LogP contribution in [0.15, 0.2) is 78.9 Å². The quantitative estimate of drug-likeness (QED) is 0.225. The lowest BCUT2D eigenvalue weighted by molar-refractivity contribution is -0.124. The molecule has 0 aliphatic rings. The van der Waals surface area contributed by atoms with Crippen LogP contribution in [0.2, 0.25) is 0 Å². The van der Waals surface area contributed by atoms with Gasteiger partial charge < -0.3 is 10.1 Å². The summed E-state index contributed by atoms with van der Waals surface area (Å²) in [5, 5.41) is 19.1. The summed E-state index contributed by atoms with van der Waals surface area (Å²) in [6.07, 6.45) is 2.83. The minimum atomic E-state index is -0.684. The molecule has 30 heavy (non-hydrogen) atoms. The second-order valence-electron chi connectivity index (χ2n) is 7.00. The highest BCUT2D eigenvalue weighted by molar-refractivity contribution is 5.90. The Hall–Kier alpha value is -3.74. The van der Waals surface area contributed by atoms with E-state index in [1.54, 1.807) is 11.6 Å². The molecular formula is C24H21N3O3. The molecule has 0 bridgehead atoms. The van der Waals surface area contributed by atoms with E-state index in [-0.39, 0.29) is 0 Å². The third-order valence-electron chi connectivity index (χ3n) is 4.87. The number of hydroxylamine groups is 1. The van der Waals surface area contributed by atoms with Gasteiger partial charge in [-0.1, -0.05) is 60.7 Å². The van der Waals surface area contributed by atoms with Crippen LogP contribution in [0.25, 0.3) is 17.1 Å². The van der Waals surface area contributed by atoms with Crippen LogP contribution >= 0.6 is 0 Å². The predicted molar refractivity (Wildman–Crippen MR) is 115 cm³/mol. The number of aliphatic hydroxyl groups is 1. The molecule has 4 aromatic rings. The summed E-state index contributed by atoms with van der Waals surface area (Å²) >= 11 is 0. The summed E-state index contributed by atoms with van der Waals surface area (Å²) in [7, 11) is 0. The summed E-state index contributed by atoms with van der Waals surface area (Å²) in [6, 6.07) is 23.0. The maximum atomic E-state index is 11.0. The number of aromatic amines is 1. The first-order chi connectivity index (χ1) is 14.6. The number of amides is 1. The van der Waals surface area contributed by atoms with E-state index in [0.29, 0.717) is 6.42 Å². The average Bonchev–Trinajstić information content (AvgIpc) is 3.19. The Labute approximate surface area is 173 Å². The number of hydrogen-bond acceptors (Lipinski definition) is 4. The lowest BCUT2D eigenvalue weighted by atomic mass is 10.0. The number of hydrogen-bond donors (Lipinski definition) is 4. The van der Waals surface area contributed by atoms with Crippen molar-refractivity contribution in [2.24, 2.45) is 0 Å². The largest absolute Gasteiger partial charge is 0.384 e. The number of H-pyrrole nitrogens is 1. The van der Waals surface area contributed by atoms with E-state index < -0.39 is 12.0 Å². The zero-order valence-corrected chi connectivity index (χ0v) is 16.1. The van der Waals surface area contributed by atoms with Crippen LogP contribution in [0.1, 0.15) is 34.2 Å². The van der Waals surface area contributed by atoms with Gasteiger partial charge in [0.1, 0.15) is 11.9 Å². The van der Waals surface area contributed by atoms with Gasteiger partial charge in [-0.15, -0.1) is 0 Å². The molecule has 0 saturated heterocycles. The number of fused-ring (bicyclic) bond motifs is 1. The second-order valence-corrected chi connectivity index (χ2v) is 7.00. The number of aliphatic hydroxyl groups excluding tert-OH is 1. The molecule has 1 atom stereocenters. The molecule has 4 N–H and O–H groups in total. The summed E-state index contributed by atoms with van der Waals surface area (Å²) in [5.74, 6) is 0.261. The summed E-state index contributed by atoms with van der Waals surface area (Å²) in [6.45, 7) is 0. The van der Waals surface area contributed by atoms with Crippen LogP contribution in [-0.4, -0.2) is 26.2 Å². The third-order valence-corrected chi connectivity index (χ3v) is 4.87. The topological polar surface area (TPSA) is 98.2 Å². The summed E-state index contributed by atoms with van der Waals surface area (Å²) < 4.78 is 0. The van der Waals surface area contributed by atoms with Crippen LogP contribution in [0.4, 0.5) is 0 Å². The van der Waals surface area contributed by atoms with Crippen molar-refractivity contribution in [3.05, 3.63) is 107 Å². The lowest BCUT2D eigenvalue weighted by Gasteiger charge is -2.11. The number of carbonyl (C=O) groups is 1. The number of rotatable bonds is 6. The van der Waals surface area contributed by atoms with Gasteiger partial charge in [-0.05, 0) is 40.5 Å². The molecule has 3 aromatic carbocycles. The van der Waals surface area contributed by atoms with Gasteiger partial charge >= 0.3 is 0 Å². The van der Waals surface area contributed by atoms with Crippen molar-refractivity contribution < 1.29 is 15.1 Å². The molecule has 1 unspecified atom stereocenters. The van der Waals surface area contributed by atoms with Gasteiger partial charge in [0, 0.05) is 12.5 Å². The Morgan fingerprint density at radius 1 is 1.03 bits per heavy atom. The van der Waals surface area contributed by atoms with Crippen LogP contribution in [0, 0.1) is 0 Å². The maximum Gasteiger partial charge on any atom is 0.267 e. The highest BCUT2D eigenvalue weighted by Gasteiger charge is 2.12. The van der Waals surface area contributed by atoms with Crippen LogP contribution in [0.3, 0.4) is 0 Å². The first-order valence-corrected chi connectivity index (χ1v) is 9.55. The SMILES string of the molecule is O=C(C=Cc1ccc(Cc2nc3ccc(C(O)c4ccccc4)cc3[nH]2)cc1)NO. The number of carbonyl (C=O) groups excluding carboxylic acids is 1. The van der Waals surface area contributed by atoms with Crippen molar-refractivity contribution in [2.75, 3.05) is 0 Å². The number of aromatic nitrogens is 2. The van der Waals surface area contributed by atoms with Crippen LogP contribution in [0.5, 0.6) is 0 Å². The van der Waals surface area contributed by atoms with Crippen molar-refractivity contribution in [3.63, 3.8) is 0 Å². The number of nitrogens with one attached hydrogen (secondary N) is 2. The Bertz CT molecular complexity index is 1180. The molecule has 0 fully saturated rings. The minimum Gasteiger partial charge on any atom is -0.384 e. The smallest absolute Gasteiger partial charge is 0.267 e. The van der Waals surface area contributed by atoms with E-state index >= 15 is 0 Å². The number of nitrogens with zero attached hydrogens (tertiary/aromatic N) is 1. The standard InChI is InChI=1S/C24H21N3O3/c28-23(27-30)13-10-16-6-8-17(9-7-16)14-22-25-20-12-11-19(15-21(20)26-22)24(29)18-4-2-1-3-5-18/h1-13,15,24,29-30H,14H2,(H,25,26)(H,27,28). The Morgan fingerprint density at radius 2 is 1.80 bits per heavy atom. The van der Waals surface area contributed by atoms with Crippen molar-refractivity contribution in [1.29, 1.82) is 0 Å². The molecule has 6 nitrogen and oxygen atoms in total. The molecule has 0 saturated carbocycles. The highest BCUT2D eigenvalue weighted by atomic mass is 16.5. The van der Waals surface area contributed by atoms with Crippen molar-refractivity contribution >= 4 is 23.0 Å².